The molecular weight excluding hydrogens is 280 g/mol. The van der Waals surface area contributed by atoms with Gasteiger partial charge in [0, 0.05) is 18.2 Å². The maximum absolute atomic E-state index is 10.9. The Morgan fingerprint density at radius 2 is 1.91 bits per heavy atom. The summed E-state index contributed by atoms with van der Waals surface area (Å²) in [6, 6.07) is 14.5. The normalized spacial score (nSPS) is 10.6. The van der Waals surface area contributed by atoms with E-state index in [0.717, 1.165) is 27.8 Å². The summed E-state index contributed by atoms with van der Waals surface area (Å²) >= 11 is 0. The number of nitrogens with zero attached hydrogens (tertiary/aromatic N) is 2. The fourth-order valence-electron chi connectivity index (χ4n) is 2.58. The Labute approximate surface area is 127 Å². The van der Waals surface area contributed by atoms with Gasteiger partial charge in [0.05, 0.1) is 23.0 Å². The van der Waals surface area contributed by atoms with Crippen LogP contribution in [0.1, 0.15) is 0 Å². The first-order valence-electron chi connectivity index (χ1n) is 6.81. The van der Waals surface area contributed by atoms with Crippen LogP contribution in [0, 0.1) is 10.1 Å². The lowest BCUT2D eigenvalue weighted by molar-refractivity contribution is -0.659. The predicted octanol–water partition coefficient (Wildman–Crippen LogP) is 3.25. The number of nitro benzene ring substituents is 1. The molecule has 0 radical (unpaired) electrons. The molecule has 0 amide bonds. The van der Waals surface area contributed by atoms with Crippen LogP contribution >= 0.6 is 0 Å². The van der Waals surface area contributed by atoms with E-state index in [-0.39, 0.29) is 10.6 Å². The molecule has 1 aromatic heterocycles. The Hall–Kier alpha value is -2.95. The second-order valence-corrected chi connectivity index (χ2v) is 5.04. The molecule has 5 heteroatoms. The molecule has 0 aliphatic rings. The van der Waals surface area contributed by atoms with E-state index in [1.54, 1.807) is 19.2 Å². The molecule has 0 N–H and O–H groups in total. The zero-order valence-electron chi connectivity index (χ0n) is 12.3. The van der Waals surface area contributed by atoms with Crippen LogP contribution in [0.4, 0.5) is 5.69 Å². The zero-order chi connectivity index (χ0) is 15.7. The third-order valence-electron chi connectivity index (χ3n) is 3.67. The summed E-state index contributed by atoms with van der Waals surface area (Å²) in [7, 11) is 3.56. The minimum Gasteiger partial charge on any atom is -0.496 e. The lowest BCUT2D eigenvalue weighted by Gasteiger charge is -2.06. The molecule has 110 valence electrons. The zero-order valence-corrected chi connectivity index (χ0v) is 12.3. The van der Waals surface area contributed by atoms with Crippen molar-refractivity contribution >= 4 is 16.5 Å². The maximum atomic E-state index is 10.9. The monoisotopic (exact) mass is 295 g/mol. The van der Waals surface area contributed by atoms with Crippen molar-refractivity contribution in [3.63, 3.8) is 0 Å². The molecule has 3 rings (SSSR count). The smallest absolute Gasteiger partial charge is 0.270 e. The Bertz CT molecular complexity index is 875. The van der Waals surface area contributed by atoms with Gasteiger partial charge in [-0.25, -0.2) is 4.57 Å². The van der Waals surface area contributed by atoms with Gasteiger partial charge in [0.25, 0.3) is 5.69 Å². The number of pyridine rings is 1. The van der Waals surface area contributed by atoms with Crippen LogP contribution in [0.5, 0.6) is 5.75 Å². The van der Waals surface area contributed by atoms with Gasteiger partial charge in [-0.05, 0) is 17.5 Å². The van der Waals surface area contributed by atoms with Gasteiger partial charge in [-0.3, -0.25) is 10.1 Å². The first-order valence-corrected chi connectivity index (χ1v) is 6.81. The van der Waals surface area contributed by atoms with Crippen molar-refractivity contribution in [3.05, 3.63) is 64.8 Å². The summed E-state index contributed by atoms with van der Waals surface area (Å²) in [5.74, 6) is 0.804. The Kier molecular flexibility index (Phi) is 3.47. The van der Waals surface area contributed by atoms with E-state index in [0.29, 0.717) is 0 Å². The highest BCUT2D eigenvalue weighted by atomic mass is 16.6. The lowest BCUT2D eigenvalue weighted by Crippen LogP contribution is -2.30. The van der Waals surface area contributed by atoms with Gasteiger partial charge in [0.15, 0.2) is 6.20 Å². The summed E-state index contributed by atoms with van der Waals surface area (Å²) in [6.45, 7) is 0. The van der Waals surface area contributed by atoms with Crippen molar-refractivity contribution in [1.82, 2.24) is 0 Å². The molecule has 0 unspecified atom stereocenters. The SMILES string of the molecule is COc1cccc2cc(-c3cccc([N+](=O)[O-])c3)[n+](C)cc12. The molecule has 5 nitrogen and oxygen atoms in total. The third-order valence-corrected chi connectivity index (χ3v) is 3.67. The average molecular weight is 295 g/mol. The van der Waals surface area contributed by atoms with Gasteiger partial charge < -0.3 is 4.74 Å². The topological polar surface area (TPSA) is 56.3 Å². The van der Waals surface area contributed by atoms with Crippen LogP contribution in [0.2, 0.25) is 0 Å². The first-order chi connectivity index (χ1) is 10.6. The number of hydrogen-bond acceptors (Lipinski definition) is 3. The highest BCUT2D eigenvalue weighted by molar-refractivity contribution is 5.89. The first kappa shape index (κ1) is 14.0. The molecule has 1 heterocycles. The largest absolute Gasteiger partial charge is 0.496 e. The van der Waals surface area contributed by atoms with E-state index < -0.39 is 0 Å². The van der Waals surface area contributed by atoms with Crippen molar-refractivity contribution in [2.75, 3.05) is 7.11 Å². The predicted molar refractivity (Wildman–Crippen MR) is 83.8 cm³/mol. The standard InChI is InChI=1S/C17H15N2O3/c1-18-11-15-12(5-4-8-17(15)22-2)10-16(18)13-6-3-7-14(9-13)19(20)21/h3-11H,1-2H3/q+1. The van der Waals surface area contributed by atoms with Gasteiger partial charge in [-0.15, -0.1) is 0 Å². The number of nitro groups is 1. The van der Waals surface area contributed by atoms with Gasteiger partial charge in [-0.1, -0.05) is 18.2 Å². The summed E-state index contributed by atoms with van der Waals surface area (Å²) in [6.07, 6.45) is 1.97. The fraction of sp³-hybridized carbons (Fsp3) is 0.118. The van der Waals surface area contributed by atoms with Gasteiger partial charge in [0.2, 0.25) is 5.69 Å². The fourth-order valence-corrected chi connectivity index (χ4v) is 2.58. The van der Waals surface area contributed by atoms with Crippen LogP contribution in [0.25, 0.3) is 22.0 Å². The van der Waals surface area contributed by atoms with Crippen molar-refractivity contribution in [1.29, 1.82) is 0 Å². The molecule has 2 aromatic carbocycles. The van der Waals surface area contributed by atoms with E-state index in [4.69, 9.17) is 4.74 Å². The number of methoxy groups -OCH3 is 1. The van der Waals surface area contributed by atoms with Gasteiger partial charge in [0.1, 0.15) is 12.8 Å². The molecule has 0 bridgehead atoms. The van der Waals surface area contributed by atoms with E-state index in [1.165, 1.54) is 6.07 Å². The Balaban J connectivity index is 2.21. The number of aryl methyl sites for hydroxylation is 1. The van der Waals surface area contributed by atoms with Crippen LogP contribution in [-0.4, -0.2) is 12.0 Å². The summed E-state index contributed by atoms with van der Waals surface area (Å²) in [5.41, 5.74) is 1.80. The summed E-state index contributed by atoms with van der Waals surface area (Å²) in [5, 5.41) is 13.0. The highest BCUT2D eigenvalue weighted by Crippen LogP contribution is 2.28. The summed E-state index contributed by atoms with van der Waals surface area (Å²) in [4.78, 5) is 10.6. The molecule has 0 aliphatic heterocycles. The van der Waals surface area contributed by atoms with Crippen LogP contribution < -0.4 is 9.30 Å². The molecule has 0 aliphatic carbocycles. The molecular formula is C17H15N2O3+. The van der Waals surface area contributed by atoms with E-state index in [1.807, 2.05) is 48.1 Å². The number of aromatic nitrogens is 1. The quantitative estimate of drug-likeness (QED) is 0.423. The number of non-ortho nitro benzene ring substituents is 1. The van der Waals surface area contributed by atoms with Crippen LogP contribution in [0.3, 0.4) is 0 Å². The van der Waals surface area contributed by atoms with Crippen molar-refractivity contribution in [2.45, 2.75) is 0 Å². The second kappa shape index (κ2) is 5.44. The van der Waals surface area contributed by atoms with E-state index in [2.05, 4.69) is 0 Å². The van der Waals surface area contributed by atoms with E-state index in [9.17, 15) is 10.1 Å². The highest BCUT2D eigenvalue weighted by Gasteiger charge is 2.16. The molecule has 0 atom stereocenters. The number of rotatable bonds is 3. The third kappa shape index (κ3) is 2.37. The van der Waals surface area contributed by atoms with Crippen LogP contribution in [-0.2, 0) is 7.05 Å². The molecule has 3 aromatic rings. The van der Waals surface area contributed by atoms with Crippen molar-refractivity contribution in [3.8, 4) is 17.0 Å². The second-order valence-electron chi connectivity index (χ2n) is 5.04. The van der Waals surface area contributed by atoms with Crippen LogP contribution in [0.15, 0.2) is 54.7 Å². The minimum atomic E-state index is -0.381. The van der Waals surface area contributed by atoms with E-state index >= 15 is 0 Å². The molecule has 0 spiro atoms. The number of hydrogen-bond donors (Lipinski definition) is 0. The van der Waals surface area contributed by atoms with Crippen molar-refractivity contribution in [2.24, 2.45) is 7.05 Å². The van der Waals surface area contributed by atoms with Crippen molar-refractivity contribution < 1.29 is 14.2 Å². The minimum absolute atomic E-state index is 0.0863. The summed E-state index contributed by atoms with van der Waals surface area (Å²) < 4.78 is 7.32. The Morgan fingerprint density at radius 3 is 2.64 bits per heavy atom. The molecule has 0 saturated carbocycles. The van der Waals surface area contributed by atoms with Gasteiger partial charge in [-0.2, -0.15) is 0 Å². The number of ether oxygens (including phenoxy) is 1. The Morgan fingerprint density at radius 1 is 1.14 bits per heavy atom. The van der Waals surface area contributed by atoms with Gasteiger partial charge >= 0.3 is 0 Å². The molecule has 0 fully saturated rings. The average Bonchev–Trinajstić information content (AvgIpc) is 2.53. The molecule has 0 saturated heterocycles. The lowest BCUT2D eigenvalue weighted by atomic mass is 10.1. The maximum Gasteiger partial charge on any atom is 0.270 e. The number of fused-ring (bicyclic) bond motifs is 1. The number of benzene rings is 2. The molecule has 22 heavy (non-hydrogen) atoms.